The second-order valence-corrected chi connectivity index (χ2v) is 16.1. The maximum Gasteiger partial charge on any atom is 0.160 e. The number of nitrogens with zero attached hydrogens (tertiary/aromatic N) is 3. The number of aryl methyl sites for hydroxylation is 1. The quantitative estimate of drug-likeness (QED) is 0.169. The molecule has 58 heavy (non-hydrogen) atoms. The van der Waals surface area contributed by atoms with E-state index in [-0.39, 0.29) is 0 Å². The van der Waals surface area contributed by atoms with Crippen molar-refractivity contribution in [2.45, 2.75) is 28.0 Å². The number of hydrogen-bond donors (Lipinski definition) is 0. The number of rotatable bonds is 6. The molecule has 4 heteroatoms. The highest BCUT2D eigenvalue weighted by Crippen LogP contribution is 2.64. The maximum atomic E-state index is 5.44. The van der Waals surface area contributed by atoms with Gasteiger partial charge >= 0.3 is 0 Å². The summed E-state index contributed by atoms with van der Waals surface area (Å²) in [6.07, 6.45) is 12.0. The first kappa shape index (κ1) is 34.4. The summed E-state index contributed by atoms with van der Waals surface area (Å²) in [5.74, 6) is 0.714. The van der Waals surface area contributed by atoms with E-state index in [4.69, 9.17) is 15.0 Å². The van der Waals surface area contributed by atoms with Crippen LogP contribution >= 0.6 is 11.8 Å². The van der Waals surface area contributed by atoms with E-state index in [1.54, 1.807) is 0 Å². The zero-order valence-corrected chi connectivity index (χ0v) is 32.6. The van der Waals surface area contributed by atoms with Crippen LogP contribution in [0.4, 0.5) is 0 Å². The average molecular weight is 760 g/mol. The predicted molar refractivity (Wildman–Crippen MR) is 240 cm³/mol. The second kappa shape index (κ2) is 13.7. The monoisotopic (exact) mass is 759 g/mol. The Bertz CT molecular complexity index is 2990. The predicted octanol–water partition coefficient (Wildman–Crippen LogP) is 13.4. The largest absolute Gasteiger partial charge is 0.263 e. The van der Waals surface area contributed by atoms with Crippen LogP contribution in [0, 0.1) is 0 Å². The second-order valence-electron chi connectivity index (χ2n) is 15.0. The molecular formula is C54H37N3S. The zero-order chi connectivity index (χ0) is 38.8. The van der Waals surface area contributed by atoms with Crippen LogP contribution in [0.1, 0.15) is 56.6 Å². The molecule has 11 rings (SSSR count). The Morgan fingerprint density at radius 2 is 1.14 bits per heavy atom. The fourth-order valence-electron chi connectivity index (χ4n) is 9.62. The normalized spacial score (nSPS) is 14.0. The molecule has 0 fully saturated rings. The van der Waals surface area contributed by atoms with Gasteiger partial charge < -0.3 is 0 Å². The molecule has 3 aliphatic rings. The highest BCUT2D eigenvalue weighted by molar-refractivity contribution is 7.99. The summed E-state index contributed by atoms with van der Waals surface area (Å²) in [6.45, 7) is 8.37. The van der Waals surface area contributed by atoms with Crippen LogP contribution in [-0.4, -0.2) is 15.0 Å². The Morgan fingerprint density at radius 3 is 1.86 bits per heavy atom. The number of fused-ring (bicyclic) bond motifs is 10. The van der Waals surface area contributed by atoms with Crippen LogP contribution in [0.5, 0.6) is 0 Å². The molecule has 0 unspecified atom stereocenters. The van der Waals surface area contributed by atoms with Gasteiger partial charge in [-0.25, -0.2) is 9.97 Å². The van der Waals surface area contributed by atoms with Gasteiger partial charge in [-0.2, -0.15) is 0 Å². The van der Waals surface area contributed by atoms with Gasteiger partial charge in [0.15, 0.2) is 5.82 Å². The molecule has 0 amide bonds. The summed E-state index contributed by atoms with van der Waals surface area (Å²) in [4.78, 5) is 17.8. The van der Waals surface area contributed by atoms with Crippen LogP contribution < -0.4 is 0 Å². The molecule has 0 saturated carbocycles. The van der Waals surface area contributed by atoms with E-state index in [1.807, 2.05) is 42.4 Å². The highest BCUT2D eigenvalue weighted by Gasteiger charge is 2.51. The van der Waals surface area contributed by atoms with Gasteiger partial charge in [-0.1, -0.05) is 183 Å². The van der Waals surface area contributed by atoms with E-state index >= 15 is 0 Å². The molecule has 1 spiro atoms. The maximum absolute atomic E-state index is 5.44. The first-order valence-corrected chi connectivity index (χ1v) is 20.6. The van der Waals surface area contributed by atoms with E-state index in [0.29, 0.717) is 5.82 Å². The third-order valence-electron chi connectivity index (χ3n) is 12.1. The lowest BCUT2D eigenvalue weighted by molar-refractivity contribution is 0.724. The van der Waals surface area contributed by atoms with Crippen molar-refractivity contribution >= 4 is 29.5 Å². The van der Waals surface area contributed by atoms with Crippen molar-refractivity contribution in [1.29, 1.82) is 0 Å². The van der Waals surface area contributed by atoms with Crippen molar-refractivity contribution in [1.82, 2.24) is 15.0 Å². The fourth-order valence-corrected chi connectivity index (χ4v) is 11.1. The topological polar surface area (TPSA) is 38.7 Å². The lowest BCUT2D eigenvalue weighted by Crippen LogP contribution is -2.32. The molecular weight excluding hydrogens is 723 g/mol. The van der Waals surface area contributed by atoms with Crippen molar-refractivity contribution in [3.63, 3.8) is 0 Å². The van der Waals surface area contributed by atoms with E-state index in [9.17, 15) is 0 Å². The summed E-state index contributed by atoms with van der Waals surface area (Å²) >= 11 is 1.84. The van der Waals surface area contributed by atoms with Crippen molar-refractivity contribution < 1.29 is 0 Å². The third-order valence-corrected chi connectivity index (χ3v) is 13.4. The lowest BCUT2D eigenvalue weighted by Gasteiger charge is -2.41. The Kier molecular flexibility index (Phi) is 8.09. The lowest BCUT2D eigenvalue weighted by atomic mass is 9.66. The smallest absolute Gasteiger partial charge is 0.160 e. The van der Waals surface area contributed by atoms with Gasteiger partial charge in [0.1, 0.15) is 0 Å². The molecule has 1 aliphatic heterocycles. The summed E-state index contributed by atoms with van der Waals surface area (Å²) in [6, 6.07) is 52.9. The fraction of sp³-hybridized carbons (Fsp3) is 0.0556. The van der Waals surface area contributed by atoms with Gasteiger partial charge in [0.05, 0.1) is 16.8 Å². The minimum atomic E-state index is -0.587. The van der Waals surface area contributed by atoms with Gasteiger partial charge in [0, 0.05) is 50.0 Å². The van der Waals surface area contributed by atoms with Crippen LogP contribution in [0.3, 0.4) is 0 Å². The minimum absolute atomic E-state index is 0.587. The van der Waals surface area contributed by atoms with Gasteiger partial charge in [-0.15, -0.1) is 0 Å². The molecule has 274 valence electrons. The molecule has 0 radical (unpaired) electrons. The standard InChI is InChI=1S/C54H37N3S/c1-3-34-32-55-33-44(37(34)4-2)42-25-15-29-47-51(42)58-52-43(26-16-30-48(52)54(47)45-27-12-10-22-39(45)40-23-11-13-28-46(40)54)50-31-49(56-53(57-50)36-18-6-5-7-19-36)41-24-14-20-35-17-8-9-21-38(35)41/h3-13,15-19,21-33H,1-2,14,20H2. The molecule has 2 aromatic heterocycles. The Balaban J connectivity index is 1.23. The van der Waals surface area contributed by atoms with Gasteiger partial charge in [0.25, 0.3) is 0 Å². The molecule has 0 N–H and O–H groups in total. The van der Waals surface area contributed by atoms with Crippen molar-refractivity contribution in [2.75, 3.05) is 0 Å². The molecule has 3 heterocycles. The van der Waals surface area contributed by atoms with E-state index in [0.717, 1.165) is 63.2 Å². The van der Waals surface area contributed by atoms with Crippen LogP contribution in [0.15, 0.2) is 187 Å². The number of hydrogen-bond acceptors (Lipinski definition) is 4. The summed E-state index contributed by atoms with van der Waals surface area (Å²) in [5.41, 5.74) is 18.8. The van der Waals surface area contributed by atoms with Gasteiger partial charge in [0.2, 0.25) is 0 Å². The minimum Gasteiger partial charge on any atom is -0.263 e. The first-order chi connectivity index (χ1) is 28.7. The molecule has 8 aromatic rings. The van der Waals surface area contributed by atoms with Gasteiger partial charge in [-0.05, 0) is 74.5 Å². The Labute approximate surface area is 343 Å². The first-order valence-electron chi connectivity index (χ1n) is 19.8. The van der Waals surface area contributed by atoms with Crippen LogP contribution in [0.2, 0.25) is 0 Å². The molecule has 2 aliphatic carbocycles. The third kappa shape index (κ3) is 5.05. The van der Waals surface area contributed by atoms with Crippen LogP contribution in [0.25, 0.3) is 62.6 Å². The summed E-state index contributed by atoms with van der Waals surface area (Å²) in [5, 5.41) is 0. The van der Waals surface area contributed by atoms with Crippen molar-refractivity contribution in [2.24, 2.45) is 0 Å². The highest BCUT2D eigenvalue weighted by atomic mass is 32.2. The number of allylic oxidation sites excluding steroid dienone is 1. The number of benzene rings is 6. The molecule has 0 atom stereocenters. The average Bonchev–Trinajstić information content (AvgIpc) is 3.59. The Hall–Kier alpha value is -6.88. The van der Waals surface area contributed by atoms with Crippen molar-refractivity contribution in [3.8, 4) is 44.9 Å². The molecule has 3 nitrogen and oxygen atoms in total. The number of aromatic nitrogens is 3. The molecule has 6 aromatic carbocycles. The van der Waals surface area contributed by atoms with E-state index in [1.165, 1.54) is 54.3 Å². The SMILES string of the molecule is C=Cc1cncc(-c2cccc3c2Sc2c(-c4cc(C5=CCCc6ccccc65)nc(-c5ccccc5)n4)cccc2C32c3ccccc3-c3ccccc32)c1C=C. The van der Waals surface area contributed by atoms with E-state index in [2.05, 4.69) is 159 Å². The van der Waals surface area contributed by atoms with E-state index < -0.39 is 5.41 Å². The van der Waals surface area contributed by atoms with Crippen LogP contribution in [-0.2, 0) is 11.8 Å². The summed E-state index contributed by atoms with van der Waals surface area (Å²) in [7, 11) is 0. The number of pyridine rings is 1. The molecule has 0 bridgehead atoms. The Morgan fingerprint density at radius 1 is 0.534 bits per heavy atom. The summed E-state index contributed by atoms with van der Waals surface area (Å²) < 4.78 is 0. The zero-order valence-electron chi connectivity index (χ0n) is 31.8. The molecule has 0 saturated heterocycles. The van der Waals surface area contributed by atoms with Gasteiger partial charge in [-0.3, -0.25) is 4.98 Å². The van der Waals surface area contributed by atoms with Crippen molar-refractivity contribution in [3.05, 3.63) is 227 Å².